The first kappa shape index (κ1) is 11.4. The molecule has 1 aromatic carbocycles. The average molecular weight is 282 g/mol. The number of benzene rings is 1. The number of nitrogens with zero attached hydrogens (tertiary/aromatic N) is 1. The Kier molecular flexibility index (Phi) is 3.41. The molecule has 0 radical (unpaired) electrons. The van der Waals surface area contributed by atoms with Gasteiger partial charge in [0.1, 0.15) is 5.76 Å². The van der Waals surface area contributed by atoms with Crippen molar-refractivity contribution < 1.29 is 9.52 Å². The van der Waals surface area contributed by atoms with Gasteiger partial charge in [-0.3, -0.25) is 0 Å². The van der Waals surface area contributed by atoms with E-state index in [9.17, 15) is 0 Å². The lowest BCUT2D eigenvalue weighted by Crippen LogP contribution is -1.92. The molecule has 1 aromatic heterocycles. The zero-order chi connectivity index (χ0) is 11.5. The van der Waals surface area contributed by atoms with Crippen LogP contribution in [0.25, 0.3) is 11.5 Å². The second-order valence-electron chi connectivity index (χ2n) is 3.51. The van der Waals surface area contributed by atoms with E-state index in [4.69, 9.17) is 9.52 Å². The highest BCUT2D eigenvalue weighted by atomic mass is 79.9. The molecule has 0 aliphatic carbocycles. The molecule has 0 saturated carbocycles. The fraction of sp³-hybridized carbons (Fsp3) is 0.250. The van der Waals surface area contributed by atoms with Crippen LogP contribution in [0.15, 0.2) is 33.2 Å². The van der Waals surface area contributed by atoms with Crippen LogP contribution < -0.4 is 0 Å². The summed E-state index contributed by atoms with van der Waals surface area (Å²) in [5.74, 6) is 1.37. The standard InChI is InChI=1S/C12H12BrNO2/c1-8-11(5-6-15)14-12(16-8)9-3-2-4-10(13)7-9/h2-4,7,15H,5-6H2,1H3. The van der Waals surface area contributed by atoms with Crippen LogP contribution in [0.5, 0.6) is 0 Å². The van der Waals surface area contributed by atoms with E-state index >= 15 is 0 Å². The molecule has 0 unspecified atom stereocenters. The highest BCUT2D eigenvalue weighted by molar-refractivity contribution is 9.10. The van der Waals surface area contributed by atoms with Gasteiger partial charge in [0.15, 0.2) is 0 Å². The summed E-state index contributed by atoms with van der Waals surface area (Å²) < 4.78 is 6.56. The molecule has 3 nitrogen and oxygen atoms in total. The predicted octanol–water partition coefficient (Wildman–Crippen LogP) is 2.95. The van der Waals surface area contributed by atoms with Gasteiger partial charge < -0.3 is 9.52 Å². The summed E-state index contributed by atoms with van der Waals surface area (Å²) in [6.07, 6.45) is 0.531. The van der Waals surface area contributed by atoms with Gasteiger partial charge >= 0.3 is 0 Å². The van der Waals surface area contributed by atoms with Gasteiger partial charge in [-0.05, 0) is 25.1 Å². The number of halogens is 1. The van der Waals surface area contributed by atoms with E-state index in [1.165, 1.54) is 0 Å². The third-order valence-corrected chi connectivity index (χ3v) is 2.81. The zero-order valence-electron chi connectivity index (χ0n) is 8.90. The molecule has 2 rings (SSSR count). The van der Waals surface area contributed by atoms with Crippen LogP contribution in [0, 0.1) is 6.92 Å². The molecule has 0 saturated heterocycles. The van der Waals surface area contributed by atoms with E-state index < -0.39 is 0 Å². The van der Waals surface area contributed by atoms with Gasteiger partial charge in [0.05, 0.1) is 5.69 Å². The van der Waals surface area contributed by atoms with E-state index in [0.717, 1.165) is 21.5 Å². The number of aliphatic hydroxyl groups is 1. The second-order valence-corrected chi connectivity index (χ2v) is 4.42. The molecule has 0 aliphatic rings. The number of hydrogen-bond acceptors (Lipinski definition) is 3. The lowest BCUT2D eigenvalue weighted by atomic mass is 10.2. The SMILES string of the molecule is Cc1oc(-c2cccc(Br)c2)nc1CCO. The molecule has 0 aliphatic heterocycles. The highest BCUT2D eigenvalue weighted by Crippen LogP contribution is 2.24. The minimum Gasteiger partial charge on any atom is -0.441 e. The minimum atomic E-state index is 0.0886. The third kappa shape index (κ3) is 2.33. The van der Waals surface area contributed by atoms with Crippen molar-refractivity contribution in [1.29, 1.82) is 0 Å². The van der Waals surface area contributed by atoms with Crippen molar-refractivity contribution in [2.24, 2.45) is 0 Å². The Bertz CT molecular complexity index is 494. The fourth-order valence-electron chi connectivity index (χ4n) is 1.51. The van der Waals surface area contributed by atoms with Crippen LogP contribution in [0.4, 0.5) is 0 Å². The van der Waals surface area contributed by atoms with Crippen LogP contribution in [0.1, 0.15) is 11.5 Å². The quantitative estimate of drug-likeness (QED) is 0.941. The number of aryl methyl sites for hydroxylation is 1. The molecule has 2 aromatic rings. The molecule has 4 heteroatoms. The Morgan fingerprint density at radius 2 is 2.25 bits per heavy atom. The van der Waals surface area contributed by atoms with Crippen molar-refractivity contribution in [2.45, 2.75) is 13.3 Å². The first-order chi connectivity index (χ1) is 7.70. The number of aliphatic hydroxyl groups excluding tert-OH is 1. The summed E-state index contributed by atoms with van der Waals surface area (Å²) in [5.41, 5.74) is 1.75. The number of aromatic nitrogens is 1. The van der Waals surface area contributed by atoms with E-state index in [-0.39, 0.29) is 6.61 Å². The maximum absolute atomic E-state index is 8.88. The molecule has 1 N–H and O–H groups in total. The summed E-state index contributed by atoms with van der Waals surface area (Å²) in [4.78, 5) is 4.36. The van der Waals surface area contributed by atoms with Crippen molar-refractivity contribution >= 4 is 15.9 Å². The maximum Gasteiger partial charge on any atom is 0.226 e. The topological polar surface area (TPSA) is 46.3 Å². The minimum absolute atomic E-state index is 0.0886. The second kappa shape index (κ2) is 4.80. The van der Waals surface area contributed by atoms with Crippen molar-refractivity contribution in [3.05, 3.63) is 40.2 Å². The molecule has 0 atom stereocenters. The van der Waals surface area contributed by atoms with Gasteiger partial charge in [0.25, 0.3) is 0 Å². The van der Waals surface area contributed by atoms with Crippen LogP contribution >= 0.6 is 15.9 Å². The summed E-state index contributed by atoms with van der Waals surface area (Å²) in [6.45, 7) is 1.95. The Balaban J connectivity index is 2.37. The van der Waals surface area contributed by atoms with Crippen molar-refractivity contribution in [1.82, 2.24) is 4.98 Å². The highest BCUT2D eigenvalue weighted by Gasteiger charge is 2.10. The Morgan fingerprint density at radius 3 is 2.94 bits per heavy atom. The molecular formula is C12H12BrNO2. The van der Waals surface area contributed by atoms with Gasteiger partial charge in [0, 0.05) is 23.1 Å². The molecule has 84 valence electrons. The summed E-state index contributed by atoms with van der Waals surface area (Å²) >= 11 is 3.41. The van der Waals surface area contributed by atoms with Crippen LogP contribution in [-0.4, -0.2) is 16.7 Å². The van der Waals surface area contributed by atoms with E-state index in [1.54, 1.807) is 0 Å². The molecule has 0 amide bonds. The fourth-order valence-corrected chi connectivity index (χ4v) is 1.91. The number of oxazole rings is 1. The zero-order valence-corrected chi connectivity index (χ0v) is 10.5. The molecular weight excluding hydrogens is 270 g/mol. The van der Waals surface area contributed by atoms with Gasteiger partial charge in [-0.15, -0.1) is 0 Å². The third-order valence-electron chi connectivity index (χ3n) is 2.31. The normalized spacial score (nSPS) is 10.7. The summed E-state index contributed by atoms with van der Waals surface area (Å²) in [6, 6.07) is 7.78. The first-order valence-corrected chi connectivity index (χ1v) is 5.83. The Labute approximate surface area is 102 Å². The van der Waals surface area contributed by atoms with Gasteiger partial charge in [0.2, 0.25) is 5.89 Å². The maximum atomic E-state index is 8.88. The van der Waals surface area contributed by atoms with Crippen LogP contribution in [0.2, 0.25) is 0 Å². The lowest BCUT2D eigenvalue weighted by molar-refractivity contribution is 0.297. The molecule has 0 fully saturated rings. The Hall–Kier alpha value is -1.13. The number of rotatable bonds is 3. The van der Waals surface area contributed by atoms with Crippen molar-refractivity contribution in [3.8, 4) is 11.5 Å². The first-order valence-electron chi connectivity index (χ1n) is 5.04. The predicted molar refractivity (Wildman–Crippen MR) is 65.2 cm³/mol. The molecule has 0 bridgehead atoms. The summed E-state index contributed by atoms with van der Waals surface area (Å²) in [7, 11) is 0. The summed E-state index contributed by atoms with van der Waals surface area (Å²) in [5, 5.41) is 8.88. The Morgan fingerprint density at radius 1 is 1.44 bits per heavy atom. The smallest absolute Gasteiger partial charge is 0.226 e. The molecule has 1 heterocycles. The van der Waals surface area contributed by atoms with Crippen molar-refractivity contribution in [3.63, 3.8) is 0 Å². The number of hydrogen-bond donors (Lipinski definition) is 1. The monoisotopic (exact) mass is 281 g/mol. The van der Waals surface area contributed by atoms with Gasteiger partial charge in [-0.25, -0.2) is 4.98 Å². The van der Waals surface area contributed by atoms with Gasteiger partial charge in [-0.2, -0.15) is 0 Å². The van der Waals surface area contributed by atoms with E-state index in [2.05, 4.69) is 20.9 Å². The molecule has 0 spiro atoms. The largest absolute Gasteiger partial charge is 0.441 e. The van der Waals surface area contributed by atoms with E-state index in [0.29, 0.717) is 12.3 Å². The van der Waals surface area contributed by atoms with Gasteiger partial charge in [-0.1, -0.05) is 22.0 Å². The van der Waals surface area contributed by atoms with E-state index in [1.807, 2.05) is 31.2 Å². The van der Waals surface area contributed by atoms with Crippen LogP contribution in [-0.2, 0) is 6.42 Å². The van der Waals surface area contributed by atoms with Crippen molar-refractivity contribution in [2.75, 3.05) is 6.61 Å². The average Bonchev–Trinajstić information content (AvgIpc) is 2.61. The van der Waals surface area contributed by atoms with Crippen LogP contribution in [0.3, 0.4) is 0 Å². The molecule has 16 heavy (non-hydrogen) atoms. The lowest BCUT2D eigenvalue weighted by Gasteiger charge is -1.95.